The second-order valence-corrected chi connectivity index (χ2v) is 7.16. The monoisotopic (exact) mass is 316 g/mol. The largest absolute Gasteiger partial charge is 0.357 e. The maximum Gasteiger partial charge on any atom is 0.226 e. The molecule has 1 atom stereocenters. The van der Waals surface area contributed by atoms with Gasteiger partial charge in [0.2, 0.25) is 5.91 Å². The van der Waals surface area contributed by atoms with E-state index in [1.807, 2.05) is 26.0 Å². The maximum atomic E-state index is 14.2. The van der Waals surface area contributed by atoms with Crippen molar-refractivity contribution >= 4 is 16.8 Å². The van der Waals surface area contributed by atoms with E-state index in [1.165, 1.54) is 0 Å². The average molecular weight is 316 g/mol. The number of hydrogen-bond donors (Lipinski definition) is 2. The van der Waals surface area contributed by atoms with Crippen LogP contribution in [0.2, 0.25) is 0 Å². The van der Waals surface area contributed by atoms with E-state index in [2.05, 4.69) is 17.2 Å². The van der Waals surface area contributed by atoms with E-state index in [0.29, 0.717) is 6.54 Å². The molecule has 1 unspecified atom stereocenters. The summed E-state index contributed by atoms with van der Waals surface area (Å²) in [5.41, 5.74) is 2.40. The molecule has 124 valence electrons. The SMILES string of the molecule is CCC(C)c1cc2[nH]c(CNC(=O)C3(C)CCC3)cc2cc1F. The van der Waals surface area contributed by atoms with Crippen molar-refractivity contribution in [2.75, 3.05) is 0 Å². The number of aromatic amines is 1. The molecule has 1 fully saturated rings. The van der Waals surface area contributed by atoms with Gasteiger partial charge in [-0.2, -0.15) is 0 Å². The van der Waals surface area contributed by atoms with Crippen LogP contribution in [-0.4, -0.2) is 10.9 Å². The fourth-order valence-corrected chi connectivity index (χ4v) is 3.25. The number of aromatic nitrogens is 1. The predicted molar refractivity (Wildman–Crippen MR) is 90.8 cm³/mol. The van der Waals surface area contributed by atoms with E-state index in [0.717, 1.165) is 47.8 Å². The summed E-state index contributed by atoms with van der Waals surface area (Å²) >= 11 is 0. The highest BCUT2D eigenvalue weighted by atomic mass is 19.1. The molecule has 0 spiro atoms. The maximum absolute atomic E-state index is 14.2. The third-order valence-electron chi connectivity index (χ3n) is 5.38. The summed E-state index contributed by atoms with van der Waals surface area (Å²) in [6.45, 7) is 6.58. The van der Waals surface area contributed by atoms with Crippen LogP contribution in [0, 0.1) is 11.2 Å². The van der Waals surface area contributed by atoms with Crippen molar-refractivity contribution in [2.45, 2.75) is 58.9 Å². The Labute approximate surface area is 136 Å². The first-order valence-electron chi connectivity index (χ1n) is 8.52. The molecule has 3 rings (SSSR count). The van der Waals surface area contributed by atoms with Crippen LogP contribution in [0.15, 0.2) is 18.2 Å². The Morgan fingerprint density at radius 3 is 2.74 bits per heavy atom. The summed E-state index contributed by atoms with van der Waals surface area (Å²) in [6.07, 6.45) is 3.97. The van der Waals surface area contributed by atoms with Crippen LogP contribution < -0.4 is 5.32 Å². The molecule has 3 nitrogen and oxygen atoms in total. The normalized spacial score (nSPS) is 17.7. The number of benzene rings is 1. The number of carbonyl (C=O) groups is 1. The number of nitrogens with one attached hydrogen (secondary N) is 2. The minimum atomic E-state index is -0.193. The van der Waals surface area contributed by atoms with Gasteiger partial charge in [-0.25, -0.2) is 4.39 Å². The highest BCUT2D eigenvalue weighted by Gasteiger charge is 2.38. The first-order valence-corrected chi connectivity index (χ1v) is 8.52. The molecule has 1 saturated carbocycles. The van der Waals surface area contributed by atoms with Crippen LogP contribution in [0.4, 0.5) is 4.39 Å². The van der Waals surface area contributed by atoms with Crippen LogP contribution >= 0.6 is 0 Å². The Balaban J connectivity index is 1.76. The first kappa shape index (κ1) is 16.0. The number of carbonyl (C=O) groups excluding carboxylic acids is 1. The quantitative estimate of drug-likeness (QED) is 0.830. The Morgan fingerprint density at radius 2 is 2.13 bits per heavy atom. The fourth-order valence-electron chi connectivity index (χ4n) is 3.25. The molecule has 4 heteroatoms. The van der Waals surface area contributed by atoms with Crippen molar-refractivity contribution in [3.05, 3.63) is 35.3 Å². The number of hydrogen-bond acceptors (Lipinski definition) is 1. The Hall–Kier alpha value is -1.84. The zero-order chi connectivity index (χ0) is 16.6. The lowest BCUT2D eigenvalue weighted by molar-refractivity contribution is -0.134. The predicted octanol–water partition coefficient (Wildman–Crippen LogP) is 4.63. The van der Waals surface area contributed by atoms with Gasteiger partial charge in [0.05, 0.1) is 6.54 Å². The molecule has 1 aliphatic carbocycles. The van der Waals surface area contributed by atoms with Crippen molar-refractivity contribution in [3.8, 4) is 0 Å². The number of rotatable bonds is 5. The van der Waals surface area contributed by atoms with Crippen LogP contribution in [0.1, 0.15) is 63.6 Å². The average Bonchev–Trinajstić information content (AvgIpc) is 2.90. The van der Waals surface area contributed by atoms with Gasteiger partial charge in [0.15, 0.2) is 0 Å². The Morgan fingerprint density at radius 1 is 1.39 bits per heavy atom. The molecule has 1 aromatic carbocycles. The summed E-state index contributed by atoms with van der Waals surface area (Å²) in [4.78, 5) is 15.5. The van der Waals surface area contributed by atoms with Crippen molar-refractivity contribution < 1.29 is 9.18 Å². The van der Waals surface area contributed by atoms with Crippen LogP contribution in [0.5, 0.6) is 0 Å². The number of H-pyrrole nitrogens is 1. The zero-order valence-corrected chi connectivity index (χ0v) is 14.1. The van der Waals surface area contributed by atoms with Gasteiger partial charge in [-0.15, -0.1) is 0 Å². The zero-order valence-electron chi connectivity index (χ0n) is 14.1. The number of amides is 1. The molecule has 0 radical (unpaired) electrons. The van der Waals surface area contributed by atoms with Gasteiger partial charge >= 0.3 is 0 Å². The minimum absolute atomic E-state index is 0.119. The van der Waals surface area contributed by atoms with Gasteiger partial charge in [0, 0.05) is 22.0 Å². The van der Waals surface area contributed by atoms with Crippen molar-refractivity contribution in [1.82, 2.24) is 10.3 Å². The molecule has 1 aliphatic rings. The first-order chi connectivity index (χ1) is 10.9. The van der Waals surface area contributed by atoms with Crippen LogP contribution in [0.3, 0.4) is 0 Å². The molecule has 0 bridgehead atoms. The summed E-state index contributed by atoms with van der Waals surface area (Å²) in [5.74, 6) is 0.168. The van der Waals surface area contributed by atoms with Gasteiger partial charge in [0.1, 0.15) is 5.82 Å². The Bertz CT molecular complexity index is 730. The summed E-state index contributed by atoms with van der Waals surface area (Å²) < 4.78 is 14.2. The van der Waals surface area contributed by atoms with E-state index in [-0.39, 0.29) is 23.1 Å². The van der Waals surface area contributed by atoms with Gasteiger partial charge < -0.3 is 10.3 Å². The summed E-state index contributed by atoms with van der Waals surface area (Å²) in [7, 11) is 0. The van der Waals surface area contributed by atoms with E-state index in [1.54, 1.807) is 6.07 Å². The molecule has 1 aromatic heterocycles. The second kappa shape index (κ2) is 5.99. The minimum Gasteiger partial charge on any atom is -0.357 e. The molecule has 0 aliphatic heterocycles. The van der Waals surface area contributed by atoms with E-state index in [9.17, 15) is 9.18 Å². The molecule has 0 saturated heterocycles. The van der Waals surface area contributed by atoms with Crippen molar-refractivity contribution in [1.29, 1.82) is 0 Å². The molecule has 23 heavy (non-hydrogen) atoms. The molecule has 2 N–H and O–H groups in total. The second-order valence-electron chi connectivity index (χ2n) is 7.16. The van der Waals surface area contributed by atoms with Gasteiger partial charge in [-0.1, -0.05) is 27.2 Å². The third kappa shape index (κ3) is 2.99. The molecular weight excluding hydrogens is 291 g/mol. The number of fused-ring (bicyclic) bond motifs is 1. The van der Waals surface area contributed by atoms with Gasteiger partial charge in [-0.3, -0.25) is 4.79 Å². The lowest BCUT2D eigenvalue weighted by Crippen LogP contribution is -2.43. The lowest BCUT2D eigenvalue weighted by Gasteiger charge is -2.36. The third-order valence-corrected chi connectivity index (χ3v) is 5.38. The van der Waals surface area contributed by atoms with Gasteiger partial charge in [-0.05, 0) is 48.9 Å². The highest BCUT2D eigenvalue weighted by Crippen LogP contribution is 2.40. The fraction of sp³-hybridized carbons (Fsp3) is 0.526. The molecular formula is C19H25FN2O. The van der Waals surface area contributed by atoms with Crippen molar-refractivity contribution in [2.24, 2.45) is 5.41 Å². The lowest BCUT2D eigenvalue weighted by atomic mass is 9.70. The topological polar surface area (TPSA) is 44.9 Å². The van der Waals surface area contributed by atoms with E-state index < -0.39 is 0 Å². The van der Waals surface area contributed by atoms with Crippen LogP contribution in [0.25, 0.3) is 10.9 Å². The Kier molecular flexibility index (Phi) is 4.17. The van der Waals surface area contributed by atoms with Crippen molar-refractivity contribution in [3.63, 3.8) is 0 Å². The summed E-state index contributed by atoms with van der Waals surface area (Å²) in [6, 6.07) is 5.41. The smallest absolute Gasteiger partial charge is 0.226 e. The molecule has 1 heterocycles. The van der Waals surface area contributed by atoms with Crippen LogP contribution in [-0.2, 0) is 11.3 Å². The number of halogens is 1. The van der Waals surface area contributed by atoms with E-state index in [4.69, 9.17) is 0 Å². The van der Waals surface area contributed by atoms with E-state index >= 15 is 0 Å². The molecule has 2 aromatic rings. The van der Waals surface area contributed by atoms with Gasteiger partial charge in [0.25, 0.3) is 0 Å². The standard InChI is InChI=1S/C19H25FN2O/c1-4-12(2)15-10-17-13(9-16(15)20)8-14(22-17)11-21-18(23)19(3)6-5-7-19/h8-10,12,22H,4-7,11H2,1-3H3,(H,21,23). The highest BCUT2D eigenvalue weighted by molar-refractivity contribution is 5.84. The molecule has 1 amide bonds. The summed E-state index contributed by atoms with van der Waals surface area (Å²) in [5, 5.41) is 3.86.